The molecule has 0 aliphatic carbocycles. The zero-order valence-corrected chi connectivity index (χ0v) is 55.5. The molecule has 0 heterocycles. The van der Waals surface area contributed by atoms with E-state index in [9.17, 15) is 19.8 Å². The zero-order valence-electron chi connectivity index (χ0n) is 55.5. The van der Waals surface area contributed by atoms with E-state index in [0.717, 1.165) is 44.9 Å². The Balaban J connectivity index is 3.38. The molecule has 1 amide bonds. The Morgan fingerprint density at radius 2 is 0.573 bits per heavy atom. The van der Waals surface area contributed by atoms with Crippen molar-refractivity contribution in [2.24, 2.45) is 0 Å². The average Bonchev–Trinajstić information content (AvgIpc) is 3.48. The lowest BCUT2D eigenvalue weighted by molar-refractivity contribution is -0.143. The van der Waals surface area contributed by atoms with Gasteiger partial charge in [0, 0.05) is 12.8 Å². The fraction of sp³-hybridized carbons (Fsp3) is 0.895. The van der Waals surface area contributed by atoms with Crippen LogP contribution >= 0.6 is 0 Å². The van der Waals surface area contributed by atoms with Gasteiger partial charge >= 0.3 is 5.97 Å². The summed E-state index contributed by atoms with van der Waals surface area (Å²) in [6.07, 6.45) is 92.4. The van der Waals surface area contributed by atoms with Gasteiger partial charge in [-0.25, -0.2) is 0 Å². The molecule has 0 aromatic rings. The van der Waals surface area contributed by atoms with Crippen LogP contribution in [0.15, 0.2) is 36.5 Å². The monoisotopic (exact) mass is 1150 g/mol. The Bertz CT molecular complexity index is 1330. The normalized spacial score (nSPS) is 12.7. The van der Waals surface area contributed by atoms with E-state index in [4.69, 9.17) is 4.74 Å². The first-order valence-corrected chi connectivity index (χ1v) is 37.3. The van der Waals surface area contributed by atoms with E-state index in [1.165, 1.54) is 340 Å². The third-order valence-corrected chi connectivity index (χ3v) is 17.4. The van der Waals surface area contributed by atoms with Gasteiger partial charge in [-0.2, -0.15) is 0 Å². The van der Waals surface area contributed by atoms with Crippen LogP contribution < -0.4 is 5.32 Å². The van der Waals surface area contributed by atoms with Gasteiger partial charge in [-0.1, -0.05) is 352 Å². The summed E-state index contributed by atoms with van der Waals surface area (Å²) >= 11 is 0. The maximum absolute atomic E-state index is 12.5. The number of aliphatic hydroxyl groups is 2. The Morgan fingerprint density at radius 1 is 0.329 bits per heavy atom. The summed E-state index contributed by atoms with van der Waals surface area (Å²) < 4.78 is 5.50. The van der Waals surface area contributed by atoms with Crippen molar-refractivity contribution in [1.29, 1.82) is 0 Å². The molecule has 484 valence electrons. The van der Waals surface area contributed by atoms with Gasteiger partial charge in [-0.3, -0.25) is 9.59 Å². The van der Waals surface area contributed by atoms with Gasteiger partial charge < -0.3 is 20.3 Å². The van der Waals surface area contributed by atoms with Crippen LogP contribution in [0.1, 0.15) is 412 Å². The van der Waals surface area contributed by atoms with Gasteiger partial charge in [-0.15, -0.1) is 0 Å². The molecule has 0 aromatic heterocycles. The highest BCUT2D eigenvalue weighted by molar-refractivity contribution is 5.76. The third-order valence-electron chi connectivity index (χ3n) is 17.4. The van der Waals surface area contributed by atoms with Crippen LogP contribution in [0.25, 0.3) is 0 Å². The van der Waals surface area contributed by atoms with Crippen molar-refractivity contribution in [3.8, 4) is 0 Å². The van der Waals surface area contributed by atoms with Crippen molar-refractivity contribution in [2.45, 2.75) is 424 Å². The van der Waals surface area contributed by atoms with E-state index >= 15 is 0 Å². The quantitative estimate of drug-likeness (QED) is 0.0320. The summed E-state index contributed by atoms with van der Waals surface area (Å²) in [6, 6.07) is -0.627. The van der Waals surface area contributed by atoms with E-state index in [-0.39, 0.29) is 18.5 Å². The molecule has 0 aliphatic rings. The second-order valence-electron chi connectivity index (χ2n) is 25.6. The molecule has 2 atom stereocenters. The van der Waals surface area contributed by atoms with Crippen molar-refractivity contribution >= 4 is 11.9 Å². The third kappa shape index (κ3) is 67.2. The lowest BCUT2D eigenvalue weighted by Crippen LogP contribution is -2.45. The maximum atomic E-state index is 12.5. The molecule has 3 N–H and O–H groups in total. The van der Waals surface area contributed by atoms with E-state index in [0.29, 0.717) is 19.4 Å². The van der Waals surface area contributed by atoms with Crippen LogP contribution in [-0.2, 0) is 14.3 Å². The second kappa shape index (κ2) is 71.6. The largest absolute Gasteiger partial charge is 0.466 e. The van der Waals surface area contributed by atoms with Crippen LogP contribution in [0, 0.1) is 0 Å². The summed E-state index contributed by atoms with van der Waals surface area (Å²) in [5.74, 6) is -0.0520. The van der Waals surface area contributed by atoms with Crippen molar-refractivity contribution in [2.75, 3.05) is 13.2 Å². The molecule has 0 rings (SSSR count). The maximum Gasteiger partial charge on any atom is 0.305 e. The number of hydrogen-bond acceptors (Lipinski definition) is 5. The molecule has 82 heavy (non-hydrogen) atoms. The number of unbranched alkanes of at least 4 members (excludes halogenated alkanes) is 55. The molecule has 0 saturated heterocycles. The number of hydrogen-bond donors (Lipinski definition) is 3. The number of ether oxygens (including phenoxy) is 1. The van der Waals surface area contributed by atoms with Crippen LogP contribution in [0.5, 0.6) is 0 Å². The number of rotatable bonds is 70. The summed E-state index contributed by atoms with van der Waals surface area (Å²) in [7, 11) is 0. The molecule has 0 bridgehead atoms. The molecule has 6 heteroatoms. The molecular weight excluding hydrogens is 1010 g/mol. The first-order valence-electron chi connectivity index (χ1n) is 37.3. The average molecular weight is 1150 g/mol. The van der Waals surface area contributed by atoms with Crippen LogP contribution in [-0.4, -0.2) is 47.4 Å². The van der Waals surface area contributed by atoms with Crippen LogP contribution in [0.2, 0.25) is 0 Å². The topological polar surface area (TPSA) is 95.9 Å². The Labute approximate surface area is 513 Å². The lowest BCUT2D eigenvalue weighted by Gasteiger charge is -2.20. The minimum atomic E-state index is -0.844. The van der Waals surface area contributed by atoms with Gasteiger partial charge in [0.25, 0.3) is 0 Å². The minimum Gasteiger partial charge on any atom is -0.466 e. The van der Waals surface area contributed by atoms with E-state index < -0.39 is 12.1 Å². The van der Waals surface area contributed by atoms with Gasteiger partial charge in [0.1, 0.15) is 0 Å². The number of amides is 1. The number of carbonyl (C=O) groups is 2. The van der Waals surface area contributed by atoms with Crippen molar-refractivity contribution < 1.29 is 24.5 Å². The van der Waals surface area contributed by atoms with Gasteiger partial charge in [0.05, 0.1) is 25.4 Å². The molecule has 0 aromatic carbocycles. The van der Waals surface area contributed by atoms with Crippen LogP contribution in [0.4, 0.5) is 0 Å². The van der Waals surface area contributed by atoms with Crippen LogP contribution in [0.3, 0.4) is 0 Å². The first kappa shape index (κ1) is 80.1. The Kier molecular flexibility index (Phi) is 69.9. The summed E-state index contributed by atoms with van der Waals surface area (Å²) in [5, 5.41) is 23.2. The lowest BCUT2D eigenvalue weighted by atomic mass is 10.0. The Hall–Kier alpha value is -1.92. The number of carbonyl (C=O) groups excluding carboxylic acids is 2. The van der Waals surface area contributed by atoms with Crippen molar-refractivity contribution in [1.82, 2.24) is 5.32 Å². The fourth-order valence-corrected chi connectivity index (χ4v) is 11.7. The Morgan fingerprint density at radius 3 is 0.866 bits per heavy atom. The zero-order chi connectivity index (χ0) is 59.2. The molecular formula is C76H145NO5. The van der Waals surface area contributed by atoms with E-state index in [1.54, 1.807) is 6.08 Å². The predicted octanol–water partition coefficient (Wildman–Crippen LogP) is 24.3. The SMILES string of the molecule is CCCCCCCCC/C=C\CCCCCCCC(=O)OCCCCCCCCCCCCCC/C=C\CCCCCCCCCCCCCCCCCC(=O)NC(CO)C(O)/C=C/CCCCCCCCCCCCCCCCCC. The highest BCUT2D eigenvalue weighted by atomic mass is 16.5. The van der Waals surface area contributed by atoms with Crippen molar-refractivity contribution in [3.05, 3.63) is 36.5 Å². The number of esters is 1. The summed E-state index contributed by atoms with van der Waals surface area (Å²) in [6.45, 7) is 4.94. The molecule has 2 unspecified atom stereocenters. The van der Waals surface area contributed by atoms with Gasteiger partial charge in [-0.05, 0) is 83.5 Å². The highest BCUT2D eigenvalue weighted by Gasteiger charge is 2.18. The molecule has 0 aliphatic heterocycles. The molecule has 0 spiro atoms. The van der Waals surface area contributed by atoms with E-state index in [1.807, 2.05) is 6.08 Å². The minimum absolute atomic E-state index is 0.0105. The smallest absolute Gasteiger partial charge is 0.305 e. The number of nitrogens with one attached hydrogen (secondary N) is 1. The number of aliphatic hydroxyl groups excluding tert-OH is 2. The van der Waals surface area contributed by atoms with Gasteiger partial charge in [0.2, 0.25) is 5.91 Å². The summed E-state index contributed by atoms with van der Waals surface area (Å²) in [4.78, 5) is 24.6. The van der Waals surface area contributed by atoms with Gasteiger partial charge in [0.15, 0.2) is 0 Å². The molecule has 6 nitrogen and oxygen atoms in total. The fourth-order valence-electron chi connectivity index (χ4n) is 11.7. The first-order chi connectivity index (χ1) is 40.5. The molecule has 0 radical (unpaired) electrons. The predicted molar refractivity (Wildman–Crippen MR) is 361 cm³/mol. The van der Waals surface area contributed by atoms with E-state index in [2.05, 4.69) is 43.5 Å². The summed E-state index contributed by atoms with van der Waals surface area (Å²) in [5.41, 5.74) is 0. The second-order valence-corrected chi connectivity index (χ2v) is 25.6. The standard InChI is InChI=1S/C76H145NO5/c1-3-5-7-9-11-13-15-17-19-21-37-40-44-48-52-56-60-64-68-74(79)73(72-78)77-75(80)69-65-61-57-53-49-45-41-38-35-33-31-29-27-25-23-22-24-26-28-30-32-34-36-39-43-47-51-55-59-63-67-71-82-76(81)70-66-62-58-54-50-46-42-20-18-16-14-12-10-8-6-4-2/h20,24,26,42,64,68,73-74,78-79H,3-19,21-23,25,27-41,43-63,65-67,69-72H2,1-2H3,(H,77,80)/b26-24-,42-20-,68-64+. The highest BCUT2D eigenvalue weighted by Crippen LogP contribution is 2.19. The molecule has 0 saturated carbocycles. The molecule has 0 fully saturated rings. The number of allylic oxidation sites excluding steroid dienone is 5. The van der Waals surface area contributed by atoms with Crippen molar-refractivity contribution in [3.63, 3.8) is 0 Å².